The molecule has 3 aliphatic rings. The molecule has 2 saturated heterocycles. The van der Waals surface area contributed by atoms with Crippen molar-refractivity contribution in [2.24, 2.45) is 5.41 Å². The fourth-order valence-electron chi connectivity index (χ4n) is 4.09. The molecule has 3 rings (SSSR count). The molecule has 1 spiro atoms. The number of ketones is 1. The number of amides is 2. The summed E-state index contributed by atoms with van der Waals surface area (Å²) in [6, 6.07) is 0. The average Bonchev–Trinajstić information content (AvgIpc) is 3.01. The molecule has 0 aromatic heterocycles. The van der Waals surface area contributed by atoms with E-state index in [2.05, 4.69) is 0 Å². The van der Waals surface area contributed by atoms with Gasteiger partial charge in [0.1, 0.15) is 5.60 Å². The van der Waals surface area contributed by atoms with Gasteiger partial charge in [-0.2, -0.15) is 0 Å². The number of likely N-dealkylation sites (tertiary alicyclic amines) is 2. The third kappa shape index (κ3) is 3.31. The van der Waals surface area contributed by atoms with E-state index in [1.165, 1.54) is 0 Å². The Labute approximate surface area is 149 Å². The van der Waals surface area contributed by atoms with Crippen LogP contribution >= 0.6 is 0 Å². The summed E-state index contributed by atoms with van der Waals surface area (Å²) in [5.41, 5.74) is 0.779. The van der Waals surface area contributed by atoms with Crippen molar-refractivity contribution in [3.63, 3.8) is 0 Å². The smallest absolute Gasteiger partial charge is 0.410 e. The lowest BCUT2D eigenvalue weighted by Gasteiger charge is -2.38. The van der Waals surface area contributed by atoms with Crippen LogP contribution in [0.1, 0.15) is 59.8 Å². The van der Waals surface area contributed by atoms with Crippen LogP contribution in [0.25, 0.3) is 0 Å². The first-order chi connectivity index (χ1) is 11.6. The minimum Gasteiger partial charge on any atom is -0.444 e. The number of rotatable bonds is 1. The van der Waals surface area contributed by atoms with Crippen LogP contribution in [0.2, 0.25) is 0 Å². The van der Waals surface area contributed by atoms with Crippen molar-refractivity contribution >= 4 is 17.8 Å². The highest BCUT2D eigenvalue weighted by atomic mass is 16.6. The van der Waals surface area contributed by atoms with Gasteiger partial charge in [-0.1, -0.05) is 0 Å². The molecule has 138 valence electrons. The van der Waals surface area contributed by atoms with Gasteiger partial charge in [0.15, 0.2) is 5.78 Å². The number of nitrogens with zero attached hydrogens (tertiary/aromatic N) is 2. The normalized spacial score (nSPS) is 23.8. The summed E-state index contributed by atoms with van der Waals surface area (Å²) in [6.07, 6.45) is 3.04. The molecule has 0 aromatic rings. The highest BCUT2D eigenvalue weighted by molar-refractivity contribution is 5.99. The largest absolute Gasteiger partial charge is 0.444 e. The maximum atomic E-state index is 13.1. The zero-order valence-electron chi connectivity index (χ0n) is 15.7. The minimum atomic E-state index is -0.509. The summed E-state index contributed by atoms with van der Waals surface area (Å²) in [5, 5.41) is 0. The summed E-state index contributed by atoms with van der Waals surface area (Å²) in [4.78, 5) is 40.6. The van der Waals surface area contributed by atoms with E-state index in [4.69, 9.17) is 4.74 Å². The maximum Gasteiger partial charge on any atom is 0.410 e. The van der Waals surface area contributed by atoms with Crippen LogP contribution < -0.4 is 0 Å². The number of ether oxygens (including phenoxy) is 1. The fraction of sp³-hybridized carbons (Fsp3) is 0.737. The lowest BCUT2D eigenvalue weighted by Crippen LogP contribution is -2.47. The van der Waals surface area contributed by atoms with Gasteiger partial charge in [0.2, 0.25) is 5.91 Å². The highest BCUT2D eigenvalue weighted by Crippen LogP contribution is 2.44. The van der Waals surface area contributed by atoms with E-state index in [1.807, 2.05) is 32.6 Å². The fourth-order valence-corrected chi connectivity index (χ4v) is 4.09. The Morgan fingerprint density at radius 1 is 1.04 bits per heavy atom. The van der Waals surface area contributed by atoms with Gasteiger partial charge in [0.25, 0.3) is 0 Å². The second kappa shape index (κ2) is 6.15. The topological polar surface area (TPSA) is 66.9 Å². The van der Waals surface area contributed by atoms with Crippen LogP contribution in [-0.4, -0.2) is 52.8 Å². The van der Waals surface area contributed by atoms with Crippen LogP contribution in [0.5, 0.6) is 0 Å². The first kappa shape index (κ1) is 18.0. The first-order valence-corrected chi connectivity index (χ1v) is 9.16. The molecule has 2 amide bonds. The molecule has 2 aliphatic heterocycles. The Morgan fingerprint density at radius 3 is 2.16 bits per heavy atom. The molecule has 2 heterocycles. The third-order valence-electron chi connectivity index (χ3n) is 5.65. The molecular formula is C19H28N2O4. The van der Waals surface area contributed by atoms with Crippen molar-refractivity contribution in [1.29, 1.82) is 0 Å². The van der Waals surface area contributed by atoms with Gasteiger partial charge in [-0.25, -0.2) is 4.79 Å². The minimum absolute atomic E-state index is 0.139. The summed E-state index contributed by atoms with van der Waals surface area (Å²) >= 11 is 0. The average molecular weight is 348 g/mol. The van der Waals surface area contributed by atoms with Crippen molar-refractivity contribution < 1.29 is 19.1 Å². The number of hydrogen-bond donors (Lipinski definition) is 0. The van der Waals surface area contributed by atoms with Crippen LogP contribution in [0, 0.1) is 5.41 Å². The van der Waals surface area contributed by atoms with E-state index in [0.717, 1.165) is 17.7 Å². The van der Waals surface area contributed by atoms with Crippen LogP contribution in [0.3, 0.4) is 0 Å². The predicted molar refractivity (Wildman–Crippen MR) is 92.7 cm³/mol. The van der Waals surface area contributed by atoms with Crippen molar-refractivity contribution in [2.75, 3.05) is 19.6 Å². The van der Waals surface area contributed by atoms with Gasteiger partial charge < -0.3 is 14.5 Å². The van der Waals surface area contributed by atoms with Gasteiger partial charge in [-0.15, -0.1) is 0 Å². The van der Waals surface area contributed by atoms with Crippen molar-refractivity contribution in [3.8, 4) is 0 Å². The second-order valence-corrected chi connectivity index (χ2v) is 8.45. The lowest BCUT2D eigenvalue weighted by molar-refractivity contribution is -0.136. The number of allylic oxidation sites excluding steroid dienone is 2. The van der Waals surface area contributed by atoms with Gasteiger partial charge in [0.05, 0.1) is 5.41 Å². The van der Waals surface area contributed by atoms with Crippen LogP contribution in [0.4, 0.5) is 4.79 Å². The molecule has 25 heavy (non-hydrogen) atoms. The van der Waals surface area contributed by atoms with Crippen LogP contribution in [-0.2, 0) is 14.3 Å². The maximum absolute atomic E-state index is 13.1. The van der Waals surface area contributed by atoms with E-state index >= 15 is 0 Å². The lowest BCUT2D eigenvalue weighted by atomic mass is 9.77. The zero-order valence-corrected chi connectivity index (χ0v) is 15.7. The van der Waals surface area contributed by atoms with Crippen LogP contribution in [0.15, 0.2) is 11.3 Å². The van der Waals surface area contributed by atoms with Gasteiger partial charge in [-0.3, -0.25) is 9.59 Å². The molecule has 0 aromatic carbocycles. The summed E-state index contributed by atoms with van der Waals surface area (Å²) in [6.45, 7) is 9.17. The Morgan fingerprint density at radius 2 is 1.64 bits per heavy atom. The Kier molecular flexibility index (Phi) is 4.41. The molecule has 0 N–H and O–H groups in total. The number of carbonyl (C=O) groups excluding carboxylic acids is 3. The summed E-state index contributed by atoms with van der Waals surface area (Å²) in [5.74, 6) is 0.295. The van der Waals surface area contributed by atoms with Gasteiger partial charge >= 0.3 is 6.09 Å². The van der Waals surface area contributed by atoms with E-state index in [1.54, 1.807) is 4.90 Å². The third-order valence-corrected chi connectivity index (χ3v) is 5.65. The standard InChI is InChI=1S/C19H28N2O4/c1-13-14(5-6-15(13)22)21-12-9-19(16(21)23)7-10-20(11-8-19)17(24)25-18(2,3)4/h5-12H2,1-4H3. The van der Waals surface area contributed by atoms with Crippen molar-refractivity contribution in [1.82, 2.24) is 9.80 Å². The van der Waals surface area contributed by atoms with Gasteiger partial charge in [-0.05, 0) is 53.4 Å². The molecule has 0 bridgehead atoms. The van der Waals surface area contributed by atoms with E-state index in [-0.39, 0.29) is 23.2 Å². The molecule has 0 saturated carbocycles. The number of Topliss-reactive ketones (excluding diaryl/α,β-unsaturated/α-hetero) is 1. The predicted octanol–water partition coefficient (Wildman–Crippen LogP) is 2.87. The monoisotopic (exact) mass is 348 g/mol. The van der Waals surface area contributed by atoms with Crippen molar-refractivity contribution in [3.05, 3.63) is 11.3 Å². The first-order valence-electron chi connectivity index (χ1n) is 9.16. The number of hydrogen-bond acceptors (Lipinski definition) is 4. The number of piperidine rings is 1. The number of carbonyl (C=O) groups is 3. The van der Waals surface area contributed by atoms with E-state index in [9.17, 15) is 14.4 Å². The molecule has 0 radical (unpaired) electrons. The Hall–Kier alpha value is -1.85. The Balaban J connectivity index is 1.65. The summed E-state index contributed by atoms with van der Waals surface area (Å²) in [7, 11) is 0. The summed E-state index contributed by atoms with van der Waals surface area (Å²) < 4.78 is 5.43. The SMILES string of the molecule is CC1=C(N2CCC3(CCN(C(=O)OC(C)(C)C)CC3)C2=O)CCC1=O. The molecular weight excluding hydrogens is 320 g/mol. The quantitative estimate of drug-likeness (QED) is 0.731. The molecule has 6 nitrogen and oxygen atoms in total. The molecule has 6 heteroatoms. The van der Waals surface area contributed by atoms with E-state index in [0.29, 0.717) is 45.3 Å². The van der Waals surface area contributed by atoms with E-state index < -0.39 is 5.60 Å². The molecule has 2 fully saturated rings. The molecule has 0 atom stereocenters. The molecule has 0 unspecified atom stereocenters. The zero-order chi connectivity index (χ0) is 18.4. The molecule has 1 aliphatic carbocycles. The highest BCUT2D eigenvalue weighted by Gasteiger charge is 2.50. The van der Waals surface area contributed by atoms with Crippen molar-refractivity contribution in [2.45, 2.75) is 65.4 Å². The second-order valence-electron chi connectivity index (χ2n) is 8.45. The Bertz CT molecular complexity index is 636. The van der Waals surface area contributed by atoms with Gasteiger partial charge in [0, 0.05) is 37.3 Å².